The van der Waals surface area contributed by atoms with Crippen molar-refractivity contribution in [2.75, 3.05) is 6.54 Å². The van der Waals surface area contributed by atoms with Crippen molar-refractivity contribution in [2.24, 2.45) is 5.92 Å². The molecule has 0 aliphatic heterocycles. The molecule has 2 aliphatic carbocycles. The van der Waals surface area contributed by atoms with Crippen LogP contribution in [-0.2, 0) is 4.74 Å². The molecule has 0 spiro atoms. The van der Waals surface area contributed by atoms with E-state index >= 15 is 0 Å². The second-order valence-electron chi connectivity index (χ2n) is 6.38. The molecule has 2 heteroatoms. The lowest BCUT2D eigenvalue weighted by Crippen LogP contribution is -2.27. The van der Waals surface area contributed by atoms with Gasteiger partial charge in [-0.05, 0) is 57.9 Å². The largest absolute Gasteiger partial charge is 0.375 e. The molecule has 1 N–H and O–H groups in total. The number of hydrogen-bond acceptors (Lipinski definition) is 2. The highest BCUT2D eigenvalue weighted by molar-refractivity contribution is 4.80. The molecule has 0 aromatic heterocycles. The summed E-state index contributed by atoms with van der Waals surface area (Å²) in [6.07, 6.45) is 13.0. The highest BCUT2D eigenvalue weighted by atomic mass is 16.5. The lowest BCUT2D eigenvalue weighted by atomic mass is 9.85. The Morgan fingerprint density at radius 3 is 2.78 bits per heavy atom. The van der Waals surface area contributed by atoms with Crippen LogP contribution in [0.5, 0.6) is 0 Å². The van der Waals surface area contributed by atoms with Crippen LogP contribution in [0.4, 0.5) is 0 Å². The minimum Gasteiger partial charge on any atom is -0.375 e. The van der Waals surface area contributed by atoms with Gasteiger partial charge in [0.1, 0.15) is 0 Å². The van der Waals surface area contributed by atoms with Crippen LogP contribution in [0.25, 0.3) is 0 Å². The summed E-state index contributed by atoms with van der Waals surface area (Å²) < 4.78 is 6.22. The van der Waals surface area contributed by atoms with Gasteiger partial charge >= 0.3 is 0 Å². The monoisotopic (exact) mass is 253 g/mol. The van der Waals surface area contributed by atoms with Crippen LogP contribution in [0.15, 0.2) is 0 Å². The molecule has 2 fully saturated rings. The summed E-state index contributed by atoms with van der Waals surface area (Å²) in [5.41, 5.74) is 0. The molecule has 2 aliphatic rings. The van der Waals surface area contributed by atoms with Crippen molar-refractivity contribution in [3.63, 3.8) is 0 Å². The van der Waals surface area contributed by atoms with Gasteiger partial charge in [0.05, 0.1) is 12.2 Å². The Labute approximate surface area is 113 Å². The second-order valence-corrected chi connectivity index (χ2v) is 6.38. The van der Waals surface area contributed by atoms with E-state index in [1.807, 2.05) is 0 Å². The van der Waals surface area contributed by atoms with Crippen molar-refractivity contribution in [3.8, 4) is 0 Å². The molecular formula is C16H31NO. The maximum Gasteiger partial charge on any atom is 0.0581 e. The predicted molar refractivity (Wildman–Crippen MR) is 76.8 cm³/mol. The SMILES string of the molecule is CCC1CCCC(OC(C)CCCNC2CC2)C1. The molecule has 3 unspecified atom stereocenters. The minimum atomic E-state index is 0.451. The van der Waals surface area contributed by atoms with Gasteiger partial charge in [-0.3, -0.25) is 0 Å². The van der Waals surface area contributed by atoms with Crippen molar-refractivity contribution < 1.29 is 4.74 Å². The zero-order chi connectivity index (χ0) is 12.8. The molecule has 0 amide bonds. The highest BCUT2D eigenvalue weighted by Crippen LogP contribution is 2.29. The van der Waals surface area contributed by atoms with Gasteiger partial charge in [-0.1, -0.05) is 26.2 Å². The standard InChI is InChI=1S/C16H31NO/c1-3-14-7-4-8-16(12-14)18-13(2)6-5-11-17-15-9-10-15/h13-17H,3-12H2,1-2H3. The highest BCUT2D eigenvalue weighted by Gasteiger charge is 2.23. The Balaban J connectivity index is 1.53. The topological polar surface area (TPSA) is 21.3 Å². The van der Waals surface area contributed by atoms with E-state index in [1.165, 1.54) is 64.3 Å². The van der Waals surface area contributed by atoms with Gasteiger partial charge in [0.25, 0.3) is 0 Å². The molecule has 2 saturated carbocycles. The normalized spacial score (nSPS) is 30.3. The summed E-state index contributed by atoms with van der Waals surface area (Å²) >= 11 is 0. The molecular weight excluding hydrogens is 222 g/mol. The van der Waals surface area contributed by atoms with E-state index in [0.29, 0.717) is 12.2 Å². The first-order valence-electron chi connectivity index (χ1n) is 8.16. The quantitative estimate of drug-likeness (QED) is 0.663. The lowest BCUT2D eigenvalue weighted by molar-refractivity contribution is -0.0360. The van der Waals surface area contributed by atoms with E-state index in [-0.39, 0.29) is 0 Å². The molecule has 0 radical (unpaired) electrons. The Kier molecular flexibility index (Phi) is 5.97. The molecule has 3 atom stereocenters. The van der Waals surface area contributed by atoms with Crippen LogP contribution < -0.4 is 5.32 Å². The van der Waals surface area contributed by atoms with Crippen molar-refractivity contribution in [3.05, 3.63) is 0 Å². The number of nitrogens with one attached hydrogen (secondary N) is 1. The fourth-order valence-corrected chi connectivity index (χ4v) is 3.12. The molecule has 0 aromatic rings. The minimum absolute atomic E-state index is 0.451. The second kappa shape index (κ2) is 7.49. The maximum absolute atomic E-state index is 6.22. The van der Waals surface area contributed by atoms with Crippen molar-refractivity contribution in [1.29, 1.82) is 0 Å². The molecule has 0 heterocycles. The molecule has 0 saturated heterocycles. The summed E-state index contributed by atoms with van der Waals surface area (Å²) in [6.45, 7) is 5.76. The van der Waals surface area contributed by atoms with Crippen LogP contribution in [0, 0.1) is 5.92 Å². The van der Waals surface area contributed by atoms with Gasteiger partial charge in [-0.25, -0.2) is 0 Å². The van der Waals surface area contributed by atoms with Crippen molar-refractivity contribution >= 4 is 0 Å². The Bertz CT molecular complexity index is 227. The van der Waals surface area contributed by atoms with Crippen LogP contribution >= 0.6 is 0 Å². The number of rotatable bonds is 8. The molecule has 18 heavy (non-hydrogen) atoms. The third-order valence-electron chi connectivity index (χ3n) is 4.53. The summed E-state index contributed by atoms with van der Waals surface area (Å²) in [6, 6.07) is 0.852. The van der Waals surface area contributed by atoms with E-state index in [1.54, 1.807) is 0 Å². The Morgan fingerprint density at radius 1 is 1.22 bits per heavy atom. The van der Waals surface area contributed by atoms with Crippen molar-refractivity contribution in [2.45, 2.75) is 89.9 Å². The summed E-state index contributed by atoms with van der Waals surface area (Å²) in [5, 5.41) is 3.58. The zero-order valence-electron chi connectivity index (χ0n) is 12.3. The van der Waals surface area contributed by atoms with Gasteiger partial charge in [-0.15, -0.1) is 0 Å². The average Bonchev–Trinajstić information content (AvgIpc) is 3.19. The average molecular weight is 253 g/mol. The maximum atomic E-state index is 6.22. The third kappa shape index (κ3) is 5.27. The summed E-state index contributed by atoms with van der Waals surface area (Å²) in [4.78, 5) is 0. The van der Waals surface area contributed by atoms with Gasteiger partial charge in [0.15, 0.2) is 0 Å². The molecule has 0 aromatic carbocycles. The smallest absolute Gasteiger partial charge is 0.0581 e. The van der Waals surface area contributed by atoms with E-state index in [2.05, 4.69) is 19.2 Å². The fourth-order valence-electron chi connectivity index (χ4n) is 3.12. The number of hydrogen-bond donors (Lipinski definition) is 1. The number of ether oxygens (including phenoxy) is 1. The summed E-state index contributed by atoms with van der Waals surface area (Å²) in [7, 11) is 0. The zero-order valence-corrected chi connectivity index (χ0v) is 12.3. The van der Waals surface area contributed by atoms with Crippen molar-refractivity contribution in [1.82, 2.24) is 5.32 Å². The van der Waals surface area contributed by atoms with E-state index in [9.17, 15) is 0 Å². The first-order chi connectivity index (χ1) is 8.78. The van der Waals surface area contributed by atoms with Crippen LogP contribution in [0.2, 0.25) is 0 Å². The molecule has 106 valence electrons. The fraction of sp³-hybridized carbons (Fsp3) is 1.00. The first-order valence-corrected chi connectivity index (χ1v) is 8.16. The van der Waals surface area contributed by atoms with Crippen LogP contribution in [0.1, 0.15) is 71.6 Å². The van der Waals surface area contributed by atoms with Gasteiger partial charge < -0.3 is 10.1 Å². The first kappa shape index (κ1) is 14.3. The van der Waals surface area contributed by atoms with Gasteiger partial charge in [0.2, 0.25) is 0 Å². The van der Waals surface area contributed by atoms with Crippen LogP contribution in [0.3, 0.4) is 0 Å². The predicted octanol–water partition coefficient (Wildman–Crippen LogP) is 3.89. The summed E-state index contributed by atoms with van der Waals surface area (Å²) in [5.74, 6) is 0.924. The van der Waals surface area contributed by atoms with E-state index in [0.717, 1.165) is 12.0 Å². The molecule has 2 rings (SSSR count). The third-order valence-corrected chi connectivity index (χ3v) is 4.53. The van der Waals surface area contributed by atoms with E-state index in [4.69, 9.17) is 4.74 Å². The van der Waals surface area contributed by atoms with E-state index < -0.39 is 0 Å². The Morgan fingerprint density at radius 2 is 2.06 bits per heavy atom. The molecule has 2 nitrogen and oxygen atoms in total. The van der Waals surface area contributed by atoms with Crippen LogP contribution in [-0.4, -0.2) is 24.8 Å². The lowest BCUT2D eigenvalue weighted by Gasteiger charge is -2.30. The molecule has 0 bridgehead atoms. The van der Waals surface area contributed by atoms with Gasteiger partial charge in [0, 0.05) is 6.04 Å². The van der Waals surface area contributed by atoms with Gasteiger partial charge in [-0.2, -0.15) is 0 Å². The Hall–Kier alpha value is -0.0800.